The average Bonchev–Trinajstić information content (AvgIpc) is 3.25. The molecule has 1 aromatic carbocycles. The number of piperazine rings is 1. The van der Waals surface area contributed by atoms with E-state index in [0.717, 1.165) is 5.56 Å². The molecule has 3 aromatic rings. The van der Waals surface area contributed by atoms with Crippen LogP contribution in [0.4, 0.5) is 8.78 Å². The van der Waals surface area contributed by atoms with Gasteiger partial charge in [0.1, 0.15) is 5.69 Å². The lowest BCUT2D eigenvalue weighted by molar-refractivity contribution is 0.0385. The Morgan fingerprint density at radius 1 is 0.966 bits per heavy atom. The first-order chi connectivity index (χ1) is 14.1. The first kappa shape index (κ1) is 19.1. The van der Waals surface area contributed by atoms with Crippen molar-refractivity contribution < 1.29 is 13.6 Å². The normalized spacial score (nSPS) is 16.2. The molecule has 29 heavy (non-hydrogen) atoms. The smallest absolute Gasteiger partial charge is 0.335 e. The van der Waals surface area contributed by atoms with Crippen molar-refractivity contribution in [2.75, 3.05) is 26.2 Å². The van der Waals surface area contributed by atoms with Crippen LogP contribution in [0.25, 0.3) is 0 Å². The highest BCUT2D eigenvalue weighted by Crippen LogP contribution is 2.27. The number of carbonyl (C=O) groups is 1. The van der Waals surface area contributed by atoms with Gasteiger partial charge in [-0.15, -0.1) is 10.2 Å². The summed E-state index contributed by atoms with van der Waals surface area (Å²) in [6.07, 6.45) is 1.59. The lowest BCUT2D eigenvalue weighted by atomic mass is 10.0. The van der Waals surface area contributed by atoms with Gasteiger partial charge >= 0.3 is 6.55 Å². The van der Waals surface area contributed by atoms with E-state index in [1.807, 2.05) is 30.3 Å². The van der Waals surface area contributed by atoms with E-state index in [9.17, 15) is 13.6 Å². The van der Waals surface area contributed by atoms with Crippen LogP contribution in [-0.2, 0) is 0 Å². The minimum Gasteiger partial charge on any atom is -0.335 e. The number of hydrogen-bond acceptors (Lipinski definition) is 6. The summed E-state index contributed by atoms with van der Waals surface area (Å²) in [6, 6.07) is 14.2. The molecule has 0 aliphatic carbocycles. The van der Waals surface area contributed by atoms with E-state index in [4.69, 9.17) is 0 Å². The van der Waals surface area contributed by atoms with Crippen LogP contribution in [0.2, 0.25) is 0 Å². The molecule has 1 aliphatic rings. The fourth-order valence-electron chi connectivity index (χ4n) is 3.42. The van der Waals surface area contributed by atoms with Crippen LogP contribution in [0.3, 0.4) is 0 Å². The predicted molar refractivity (Wildman–Crippen MR) is 99.1 cm³/mol. The maximum Gasteiger partial charge on any atom is 0.350 e. The van der Waals surface area contributed by atoms with Gasteiger partial charge in [-0.2, -0.15) is 8.78 Å². The number of aromatic nitrogens is 5. The number of tetrazole rings is 1. The molecule has 2 aromatic heterocycles. The first-order valence-corrected chi connectivity index (χ1v) is 9.20. The fourth-order valence-corrected chi connectivity index (χ4v) is 3.42. The molecular formula is C19H19F2N7O. The topological polar surface area (TPSA) is 80.0 Å². The van der Waals surface area contributed by atoms with Crippen LogP contribution < -0.4 is 0 Å². The van der Waals surface area contributed by atoms with E-state index < -0.39 is 12.6 Å². The van der Waals surface area contributed by atoms with Crippen LogP contribution in [0.1, 0.15) is 34.5 Å². The predicted octanol–water partition coefficient (Wildman–Crippen LogP) is 2.01. The molecule has 1 aliphatic heterocycles. The van der Waals surface area contributed by atoms with Crippen molar-refractivity contribution in [2.45, 2.75) is 12.6 Å². The van der Waals surface area contributed by atoms with Crippen molar-refractivity contribution in [3.8, 4) is 0 Å². The quantitative estimate of drug-likeness (QED) is 0.653. The Morgan fingerprint density at radius 3 is 2.31 bits per heavy atom. The molecular weight excluding hydrogens is 380 g/mol. The molecule has 0 unspecified atom stereocenters. The van der Waals surface area contributed by atoms with Crippen LogP contribution >= 0.6 is 0 Å². The minimum absolute atomic E-state index is 0.122. The molecule has 0 radical (unpaired) electrons. The third-order valence-electron chi connectivity index (χ3n) is 4.83. The van der Waals surface area contributed by atoms with E-state index in [0.29, 0.717) is 36.7 Å². The molecule has 0 spiro atoms. The largest absolute Gasteiger partial charge is 0.350 e. The summed E-state index contributed by atoms with van der Waals surface area (Å²) in [4.78, 5) is 20.9. The number of alkyl halides is 2. The molecule has 1 atom stereocenters. The van der Waals surface area contributed by atoms with Crippen molar-refractivity contribution in [3.05, 3.63) is 71.8 Å². The lowest BCUT2D eigenvalue weighted by Gasteiger charge is -2.38. The fraction of sp³-hybridized carbons (Fsp3) is 0.316. The molecule has 0 saturated carbocycles. The first-order valence-electron chi connectivity index (χ1n) is 9.20. The molecule has 8 nitrogen and oxygen atoms in total. The van der Waals surface area contributed by atoms with Crippen molar-refractivity contribution in [1.29, 1.82) is 0 Å². The summed E-state index contributed by atoms with van der Waals surface area (Å²) in [5.41, 5.74) is 1.29. The summed E-state index contributed by atoms with van der Waals surface area (Å²) in [5, 5.41) is 11.2. The maximum absolute atomic E-state index is 12.9. The second-order valence-electron chi connectivity index (χ2n) is 6.60. The molecule has 1 amide bonds. The molecule has 0 bridgehead atoms. The van der Waals surface area contributed by atoms with Gasteiger partial charge in [0, 0.05) is 32.4 Å². The summed E-state index contributed by atoms with van der Waals surface area (Å²) >= 11 is 0. The summed E-state index contributed by atoms with van der Waals surface area (Å²) in [5.74, 6) is 0.0873. The van der Waals surface area contributed by atoms with Gasteiger partial charge in [0.15, 0.2) is 5.82 Å². The lowest BCUT2D eigenvalue weighted by Crippen LogP contribution is -2.50. The zero-order valence-electron chi connectivity index (χ0n) is 15.5. The van der Waals surface area contributed by atoms with E-state index in [1.165, 1.54) is 0 Å². The standard InChI is InChI=1S/C19H19F2N7O/c20-19(21)28-24-17(23-25-28)16(14-6-2-1-3-7-14)26-10-12-27(13-11-26)18(29)15-8-4-5-9-22-15/h1-9,16,19H,10-13H2/t16-/m0/s1. The van der Waals surface area contributed by atoms with Crippen LogP contribution in [0.5, 0.6) is 0 Å². The molecule has 0 N–H and O–H groups in total. The van der Waals surface area contributed by atoms with Gasteiger partial charge in [0.05, 0.1) is 6.04 Å². The molecule has 1 fully saturated rings. The SMILES string of the molecule is O=C(c1ccccn1)N1CCN([C@@H](c2ccccc2)c2nnn(C(F)F)n2)CC1. The molecule has 10 heteroatoms. The highest BCUT2D eigenvalue weighted by Gasteiger charge is 2.32. The third kappa shape index (κ3) is 4.11. The summed E-state index contributed by atoms with van der Waals surface area (Å²) in [6.45, 7) is -0.785. The monoisotopic (exact) mass is 399 g/mol. The Balaban J connectivity index is 1.53. The Kier molecular flexibility index (Phi) is 5.52. The number of amides is 1. The number of benzene rings is 1. The van der Waals surface area contributed by atoms with E-state index in [-0.39, 0.29) is 11.7 Å². The molecule has 4 rings (SSSR count). The Morgan fingerprint density at radius 2 is 1.69 bits per heavy atom. The Labute approximate surface area is 165 Å². The highest BCUT2D eigenvalue weighted by molar-refractivity contribution is 5.92. The van der Waals surface area contributed by atoms with Gasteiger partial charge in [-0.3, -0.25) is 14.7 Å². The van der Waals surface area contributed by atoms with Crippen molar-refractivity contribution in [3.63, 3.8) is 0 Å². The molecule has 3 heterocycles. The third-order valence-corrected chi connectivity index (χ3v) is 4.83. The number of pyridine rings is 1. The highest BCUT2D eigenvalue weighted by atomic mass is 19.3. The van der Waals surface area contributed by atoms with Gasteiger partial charge in [0.25, 0.3) is 5.91 Å². The number of halogens is 2. The Hall–Kier alpha value is -3.27. The van der Waals surface area contributed by atoms with Crippen molar-refractivity contribution >= 4 is 5.91 Å². The van der Waals surface area contributed by atoms with Gasteiger partial charge in [-0.1, -0.05) is 41.2 Å². The number of carbonyl (C=O) groups excluding carboxylic acids is 1. The molecule has 150 valence electrons. The van der Waals surface area contributed by atoms with Crippen molar-refractivity contribution in [1.82, 2.24) is 35.0 Å². The van der Waals surface area contributed by atoms with Gasteiger partial charge in [-0.05, 0) is 22.9 Å². The van der Waals surface area contributed by atoms with E-state index in [2.05, 4.69) is 25.3 Å². The maximum atomic E-state index is 12.9. The summed E-state index contributed by atoms with van der Waals surface area (Å²) < 4.78 is 25.8. The van der Waals surface area contributed by atoms with Gasteiger partial charge in [-0.25, -0.2) is 0 Å². The van der Waals surface area contributed by atoms with Crippen LogP contribution in [0, 0.1) is 0 Å². The molecule has 1 saturated heterocycles. The number of nitrogens with zero attached hydrogens (tertiary/aromatic N) is 7. The summed E-state index contributed by atoms with van der Waals surface area (Å²) in [7, 11) is 0. The van der Waals surface area contributed by atoms with E-state index in [1.54, 1.807) is 29.3 Å². The second kappa shape index (κ2) is 8.39. The van der Waals surface area contributed by atoms with Crippen LogP contribution in [-0.4, -0.2) is 67.1 Å². The zero-order valence-corrected chi connectivity index (χ0v) is 15.5. The second-order valence-corrected chi connectivity index (χ2v) is 6.60. The zero-order chi connectivity index (χ0) is 20.2. The van der Waals surface area contributed by atoms with Crippen molar-refractivity contribution in [2.24, 2.45) is 0 Å². The minimum atomic E-state index is -2.85. The van der Waals surface area contributed by atoms with Gasteiger partial charge in [0.2, 0.25) is 0 Å². The number of hydrogen-bond donors (Lipinski definition) is 0. The van der Waals surface area contributed by atoms with Crippen LogP contribution in [0.15, 0.2) is 54.7 Å². The van der Waals surface area contributed by atoms with Gasteiger partial charge < -0.3 is 4.90 Å². The average molecular weight is 399 g/mol. The number of rotatable bonds is 5. The van der Waals surface area contributed by atoms with E-state index >= 15 is 0 Å². The Bertz CT molecular complexity index is 943.